The Morgan fingerprint density at radius 2 is 1.95 bits per heavy atom. The average Bonchev–Trinajstić information content (AvgIpc) is 3.16. The summed E-state index contributed by atoms with van der Waals surface area (Å²) in [7, 11) is 3.52. The number of nitrogens with zero attached hydrogens (tertiary/aromatic N) is 3. The minimum absolute atomic E-state index is 0.0231. The minimum Gasteiger partial charge on any atom is -0.377 e. The van der Waals surface area contributed by atoms with E-state index >= 15 is 0 Å². The maximum absolute atomic E-state index is 13.4. The van der Waals surface area contributed by atoms with Gasteiger partial charge in [-0.05, 0) is 49.1 Å². The molecule has 0 aromatic heterocycles. The van der Waals surface area contributed by atoms with Crippen molar-refractivity contribution in [1.29, 1.82) is 0 Å². The first-order chi connectivity index (χ1) is 19.3. The number of anilines is 1. The van der Waals surface area contributed by atoms with E-state index in [0.29, 0.717) is 65.6 Å². The van der Waals surface area contributed by atoms with E-state index in [1.165, 1.54) is 0 Å². The van der Waals surface area contributed by atoms with Crippen molar-refractivity contribution in [2.24, 2.45) is 10.4 Å². The first-order valence-corrected chi connectivity index (χ1v) is 13.9. The van der Waals surface area contributed by atoms with Crippen LogP contribution >= 0.6 is 0 Å². The van der Waals surface area contributed by atoms with Crippen molar-refractivity contribution in [3.63, 3.8) is 0 Å². The number of hydrogen-bond donors (Lipinski definition) is 2. The number of carbonyl (C=O) groups excluding carboxylic acids is 2. The summed E-state index contributed by atoms with van der Waals surface area (Å²) in [6.07, 6.45) is 8.04. The van der Waals surface area contributed by atoms with Crippen LogP contribution in [-0.2, 0) is 36.6 Å². The topological polar surface area (TPSA) is 105 Å². The number of hydrogen-bond acceptors (Lipinski definition) is 8. The van der Waals surface area contributed by atoms with Gasteiger partial charge in [-0.2, -0.15) is 0 Å². The summed E-state index contributed by atoms with van der Waals surface area (Å²) in [6.45, 7) is 9.75. The van der Waals surface area contributed by atoms with Gasteiger partial charge in [0.25, 0.3) is 0 Å². The van der Waals surface area contributed by atoms with Gasteiger partial charge in [0.2, 0.25) is 5.91 Å². The van der Waals surface area contributed by atoms with Gasteiger partial charge < -0.3 is 34.5 Å². The normalized spacial score (nSPS) is 25.6. The molecule has 10 heteroatoms. The Balaban J connectivity index is 1.37. The molecule has 1 aromatic rings. The zero-order chi connectivity index (χ0) is 28.6. The summed E-state index contributed by atoms with van der Waals surface area (Å²) in [5, 5.41) is 6.73. The highest BCUT2D eigenvalue weighted by Gasteiger charge is 2.39. The molecule has 0 saturated carbocycles. The number of amidine groups is 1. The number of aliphatic imine (C=N–C) groups is 1. The summed E-state index contributed by atoms with van der Waals surface area (Å²) in [5.74, 6) is 0.722. The zero-order valence-corrected chi connectivity index (χ0v) is 24.0. The van der Waals surface area contributed by atoms with E-state index in [2.05, 4.69) is 29.1 Å². The summed E-state index contributed by atoms with van der Waals surface area (Å²) in [6, 6.07) is 6.12. The van der Waals surface area contributed by atoms with Crippen LogP contribution in [0.5, 0.6) is 0 Å². The molecule has 2 saturated heterocycles. The Hall–Kier alpha value is -2.89. The van der Waals surface area contributed by atoms with Crippen molar-refractivity contribution in [2.75, 3.05) is 71.8 Å². The van der Waals surface area contributed by atoms with E-state index in [0.717, 1.165) is 28.9 Å². The van der Waals surface area contributed by atoms with Gasteiger partial charge in [-0.15, -0.1) is 0 Å². The smallest absolute Gasteiger partial charge is 0.240 e. The van der Waals surface area contributed by atoms with Gasteiger partial charge in [0, 0.05) is 50.4 Å². The highest BCUT2D eigenvalue weighted by molar-refractivity contribution is 5.94. The lowest BCUT2D eigenvalue weighted by Gasteiger charge is -2.39. The van der Waals surface area contributed by atoms with Crippen molar-refractivity contribution >= 4 is 23.7 Å². The van der Waals surface area contributed by atoms with Crippen LogP contribution in [0.3, 0.4) is 0 Å². The minimum atomic E-state index is -0.567. The molecule has 2 unspecified atom stereocenters. The van der Waals surface area contributed by atoms with Crippen molar-refractivity contribution in [2.45, 2.75) is 37.8 Å². The first-order valence-electron chi connectivity index (χ1n) is 13.9. The third-order valence-electron chi connectivity index (χ3n) is 8.06. The number of ether oxygens (including phenoxy) is 3. The second-order valence-corrected chi connectivity index (χ2v) is 11.2. The Labute approximate surface area is 237 Å². The Morgan fingerprint density at radius 1 is 1.23 bits per heavy atom. The molecule has 10 nitrogen and oxygen atoms in total. The third kappa shape index (κ3) is 7.24. The van der Waals surface area contributed by atoms with Crippen LogP contribution in [0.15, 0.2) is 48.1 Å². The standard InChI is InChI=1S/C30H43N5O5/c1-5-6-9-32-27(31-3)15-29(18-36)13-24-7-8-26(12-25(24)14-29)34(4)28(37)17-35-22-40-21-30(33-16-23(35)2)19-38-10-11-39-20-30/h5-9,12,18,23,33H,1,10-11,13-17,19-22H2,2-4H3,(H,31,32)/b9-6-. The number of carbonyl (C=O) groups is 2. The third-order valence-corrected chi connectivity index (χ3v) is 8.06. The predicted octanol–water partition coefficient (Wildman–Crippen LogP) is 1.69. The van der Waals surface area contributed by atoms with Crippen LogP contribution in [0.2, 0.25) is 0 Å². The molecule has 4 rings (SSSR count). The average molecular weight is 554 g/mol. The molecule has 2 atom stereocenters. The van der Waals surface area contributed by atoms with Crippen LogP contribution in [-0.4, -0.2) is 101 Å². The highest BCUT2D eigenvalue weighted by atomic mass is 16.5. The van der Waals surface area contributed by atoms with Crippen LogP contribution < -0.4 is 15.5 Å². The Morgan fingerprint density at radius 3 is 2.65 bits per heavy atom. The molecule has 218 valence electrons. The molecule has 1 aliphatic carbocycles. The number of amides is 1. The molecule has 2 aliphatic heterocycles. The van der Waals surface area contributed by atoms with Crippen LogP contribution in [0.4, 0.5) is 5.69 Å². The molecule has 3 aliphatic rings. The Kier molecular flexibility index (Phi) is 10.3. The van der Waals surface area contributed by atoms with Crippen molar-refractivity contribution in [3.8, 4) is 0 Å². The number of likely N-dealkylation sites (N-methyl/N-ethyl adjacent to an activating group) is 1. The molecule has 1 spiro atoms. The lowest BCUT2D eigenvalue weighted by Crippen LogP contribution is -2.61. The molecule has 1 aromatic carbocycles. The number of fused-ring (bicyclic) bond motifs is 1. The van der Waals surface area contributed by atoms with E-state index in [1.54, 1.807) is 37.3 Å². The highest BCUT2D eigenvalue weighted by Crippen LogP contribution is 2.40. The Bertz CT molecular complexity index is 1110. The number of allylic oxidation sites excluding steroid dienone is 2. The maximum Gasteiger partial charge on any atom is 0.240 e. The van der Waals surface area contributed by atoms with Crippen LogP contribution in [0.25, 0.3) is 0 Å². The fourth-order valence-electron chi connectivity index (χ4n) is 5.50. The summed E-state index contributed by atoms with van der Waals surface area (Å²) in [4.78, 5) is 33.7. The van der Waals surface area contributed by atoms with Gasteiger partial charge in [0.05, 0.1) is 51.8 Å². The van der Waals surface area contributed by atoms with E-state index in [4.69, 9.17) is 14.2 Å². The maximum atomic E-state index is 13.4. The van der Waals surface area contributed by atoms with Gasteiger partial charge in [-0.3, -0.25) is 14.7 Å². The molecule has 0 bridgehead atoms. The van der Waals surface area contributed by atoms with Crippen molar-refractivity contribution in [3.05, 3.63) is 54.3 Å². The SMILES string of the molecule is C=C/C=C\NC(CC1(C=O)Cc2ccc(N(C)C(=O)CN3COCC4(COCCOC4)NCC3C)cc2C1)=NC. The quantitative estimate of drug-likeness (QED) is 0.217. The fourth-order valence-corrected chi connectivity index (χ4v) is 5.50. The first kappa shape index (κ1) is 30.1. The predicted molar refractivity (Wildman–Crippen MR) is 156 cm³/mol. The molecule has 2 heterocycles. The number of benzene rings is 1. The van der Waals surface area contributed by atoms with Crippen LogP contribution in [0.1, 0.15) is 24.5 Å². The van der Waals surface area contributed by atoms with Gasteiger partial charge in [-0.1, -0.05) is 18.7 Å². The molecule has 2 fully saturated rings. The molecule has 1 amide bonds. The molecule has 2 N–H and O–H groups in total. The number of aldehydes is 1. The van der Waals surface area contributed by atoms with E-state index in [1.807, 2.05) is 23.1 Å². The summed E-state index contributed by atoms with van der Waals surface area (Å²) >= 11 is 0. The largest absolute Gasteiger partial charge is 0.377 e. The zero-order valence-electron chi connectivity index (χ0n) is 24.0. The van der Waals surface area contributed by atoms with Crippen LogP contribution in [0, 0.1) is 5.41 Å². The van der Waals surface area contributed by atoms with E-state index < -0.39 is 5.41 Å². The summed E-state index contributed by atoms with van der Waals surface area (Å²) in [5.41, 5.74) is 2.11. The van der Waals surface area contributed by atoms with E-state index in [-0.39, 0.29) is 24.0 Å². The lowest BCUT2D eigenvalue weighted by molar-refractivity contribution is -0.124. The van der Waals surface area contributed by atoms with Gasteiger partial charge in [0.1, 0.15) is 12.1 Å². The van der Waals surface area contributed by atoms with Gasteiger partial charge in [-0.25, -0.2) is 0 Å². The molecule has 40 heavy (non-hydrogen) atoms. The second kappa shape index (κ2) is 13.6. The lowest BCUT2D eigenvalue weighted by atomic mass is 9.82. The second-order valence-electron chi connectivity index (χ2n) is 11.2. The van der Waals surface area contributed by atoms with Crippen molar-refractivity contribution < 1.29 is 23.8 Å². The molecule has 0 radical (unpaired) electrons. The van der Waals surface area contributed by atoms with E-state index in [9.17, 15) is 9.59 Å². The molecular formula is C30H43N5O5. The fraction of sp³-hybridized carbons (Fsp3) is 0.567. The van der Waals surface area contributed by atoms with Gasteiger partial charge >= 0.3 is 0 Å². The molecular weight excluding hydrogens is 510 g/mol. The van der Waals surface area contributed by atoms with Gasteiger partial charge in [0.15, 0.2) is 0 Å². The van der Waals surface area contributed by atoms with Crippen molar-refractivity contribution in [1.82, 2.24) is 15.5 Å². The summed E-state index contributed by atoms with van der Waals surface area (Å²) < 4.78 is 17.5. The monoisotopic (exact) mass is 553 g/mol. The number of rotatable bonds is 8. The number of nitrogens with one attached hydrogen (secondary N) is 2.